The average molecular weight is 669 g/mol. The molecule has 12 rings (SSSR count). The van der Waals surface area contributed by atoms with Gasteiger partial charge in [0, 0.05) is 58.4 Å². The summed E-state index contributed by atoms with van der Waals surface area (Å²) in [5.74, 6) is 1.33. The molecule has 0 radical (unpaired) electrons. The summed E-state index contributed by atoms with van der Waals surface area (Å²) < 4.78 is 11.5. The van der Waals surface area contributed by atoms with Gasteiger partial charge < -0.3 is 8.82 Å². The van der Waals surface area contributed by atoms with Crippen molar-refractivity contribution in [2.45, 2.75) is 0 Å². The third-order valence-corrected chi connectivity index (χ3v) is 11.6. The van der Waals surface area contributed by atoms with E-state index in [0.29, 0.717) is 11.7 Å². The van der Waals surface area contributed by atoms with Gasteiger partial charge in [-0.1, -0.05) is 91.0 Å². The van der Waals surface area contributed by atoms with Crippen molar-refractivity contribution in [1.82, 2.24) is 19.4 Å². The lowest BCUT2D eigenvalue weighted by molar-refractivity contribution is 0.623. The standard InChI is InChI=1S/C45H24N4OS/c1-2-11-25(12-3-1)45-47-35-24-33-32-23-26(21-22-37(32)49-36-19-8-5-15-30(36)39(41(33)49)42(35)50-45)44-46-34-18-7-4-14-29(34)40(48-44)31-17-10-16-28-27-13-6-9-20-38(27)51-43(28)31/h1-24H. The number of thiophene rings is 1. The quantitative estimate of drug-likeness (QED) is 0.188. The van der Waals surface area contributed by atoms with Gasteiger partial charge in [0.2, 0.25) is 5.89 Å². The van der Waals surface area contributed by atoms with E-state index in [0.717, 1.165) is 82.5 Å². The molecule has 7 aromatic carbocycles. The molecule has 0 bridgehead atoms. The Hall–Kier alpha value is -6.63. The summed E-state index contributed by atoms with van der Waals surface area (Å²) in [6.07, 6.45) is 0. The van der Waals surface area contributed by atoms with Crippen LogP contribution < -0.4 is 0 Å². The summed E-state index contributed by atoms with van der Waals surface area (Å²) in [6.45, 7) is 0. The molecule has 5 heterocycles. The van der Waals surface area contributed by atoms with Crippen molar-refractivity contribution in [3.63, 3.8) is 0 Å². The normalized spacial score (nSPS) is 12.3. The van der Waals surface area contributed by atoms with Crippen LogP contribution in [0, 0.1) is 0 Å². The molecule has 236 valence electrons. The molecular weight excluding hydrogens is 645 g/mol. The van der Waals surface area contributed by atoms with Crippen LogP contribution in [0.2, 0.25) is 0 Å². The first-order chi connectivity index (χ1) is 25.3. The maximum atomic E-state index is 6.57. The molecule has 0 saturated carbocycles. The summed E-state index contributed by atoms with van der Waals surface area (Å²) in [6, 6.07) is 51.1. The minimum atomic E-state index is 0.626. The Labute approximate surface area is 294 Å². The van der Waals surface area contributed by atoms with Crippen molar-refractivity contribution >= 4 is 91.6 Å². The monoisotopic (exact) mass is 668 g/mol. The highest BCUT2D eigenvalue weighted by atomic mass is 32.1. The molecule has 0 aliphatic carbocycles. The van der Waals surface area contributed by atoms with Crippen molar-refractivity contribution in [1.29, 1.82) is 0 Å². The molecule has 0 N–H and O–H groups in total. The molecule has 0 saturated heterocycles. The Bertz CT molecular complexity index is 3370. The zero-order chi connectivity index (χ0) is 33.2. The van der Waals surface area contributed by atoms with Crippen LogP contribution in [0.15, 0.2) is 150 Å². The van der Waals surface area contributed by atoms with Gasteiger partial charge in [0.05, 0.1) is 33.1 Å². The predicted molar refractivity (Wildman–Crippen MR) is 211 cm³/mol. The van der Waals surface area contributed by atoms with Gasteiger partial charge in [-0.15, -0.1) is 11.3 Å². The number of benzene rings is 7. The number of hydrogen-bond donors (Lipinski definition) is 0. The Morgan fingerprint density at radius 3 is 2.20 bits per heavy atom. The number of aromatic nitrogens is 4. The van der Waals surface area contributed by atoms with E-state index >= 15 is 0 Å². The van der Waals surface area contributed by atoms with Gasteiger partial charge in [-0.05, 0) is 54.6 Å². The highest BCUT2D eigenvalue weighted by Crippen LogP contribution is 2.45. The zero-order valence-corrected chi connectivity index (χ0v) is 27.8. The predicted octanol–water partition coefficient (Wildman–Crippen LogP) is 12.3. The second-order valence-corrected chi connectivity index (χ2v) is 14.2. The van der Waals surface area contributed by atoms with Crippen molar-refractivity contribution in [2.75, 3.05) is 0 Å². The highest BCUT2D eigenvalue weighted by molar-refractivity contribution is 7.26. The number of oxazole rings is 1. The summed E-state index contributed by atoms with van der Waals surface area (Å²) in [5.41, 5.74) is 10.0. The second-order valence-electron chi connectivity index (χ2n) is 13.2. The van der Waals surface area contributed by atoms with Crippen molar-refractivity contribution in [3.05, 3.63) is 146 Å². The Kier molecular flexibility index (Phi) is 5.32. The summed E-state index contributed by atoms with van der Waals surface area (Å²) in [4.78, 5) is 15.6. The molecule has 0 atom stereocenters. The van der Waals surface area contributed by atoms with Crippen LogP contribution in [0.4, 0.5) is 0 Å². The molecule has 6 heteroatoms. The number of hydrogen-bond acceptors (Lipinski definition) is 5. The molecule has 0 aliphatic rings. The Morgan fingerprint density at radius 1 is 0.510 bits per heavy atom. The lowest BCUT2D eigenvalue weighted by Crippen LogP contribution is -1.95. The van der Waals surface area contributed by atoms with Crippen LogP contribution in [0.25, 0.3) is 114 Å². The van der Waals surface area contributed by atoms with Crippen molar-refractivity contribution in [3.8, 4) is 34.1 Å². The fourth-order valence-corrected chi connectivity index (χ4v) is 9.35. The van der Waals surface area contributed by atoms with Crippen LogP contribution in [-0.2, 0) is 0 Å². The topological polar surface area (TPSA) is 56.2 Å². The first-order valence-corrected chi connectivity index (χ1v) is 17.8. The second kappa shape index (κ2) is 9.97. The largest absolute Gasteiger partial charge is 0.435 e. The lowest BCUT2D eigenvalue weighted by Gasteiger charge is -2.10. The third-order valence-electron chi connectivity index (χ3n) is 10.4. The van der Waals surface area contributed by atoms with Gasteiger partial charge in [-0.2, -0.15) is 0 Å². The van der Waals surface area contributed by atoms with Gasteiger partial charge in [-0.3, -0.25) is 0 Å². The summed E-state index contributed by atoms with van der Waals surface area (Å²) in [7, 11) is 0. The van der Waals surface area contributed by atoms with E-state index in [1.807, 2.05) is 41.7 Å². The minimum Gasteiger partial charge on any atom is -0.435 e. The highest BCUT2D eigenvalue weighted by Gasteiger charge is 2.24. The van der Waals surface area contributed by atoms with Gasteiger partial charge >= 0.3 is 0 Å². The van der Waals surface area contributed by atoms with Gasteiger partial charge in [-0.25, -0.2) is 15.0 Å². The number of nitrogens with zero attached hydrogens (tertiary/aromatic N) is 4. The number of fused-ring (bicyclic) bond motifs is 12. The van der Waals surface area contributed by atoms with E-state index in [-0.39, 0.29) is 0 Å². The third kappa shape index (κ3) is 3.71. The zero-order valence-electron chi connectivity index (χ0n) is 27.0. The van der Waals surface area contributed by atoms with Crippen LogP contribution in [0.1, 0.15) is 0 Å². The molecule has 5 nitrogen and oxygen atoms in total. The Balaban J connectivity index is 1.13. The fraction of sp³-hybridized carbons (Fsp3) is 0. The van der Waals surface area contributed by atoms with Gasteiger partial charge in [0.15, 0.2) is 11.4 Å². The van der Waals surface area contributed by atoms with E-state index in [1.165, 1.54) is 20.2 Å². The SMILES string of the molecule is c1ccc(-c2nc3cc4c5cc(-c6nc(-c7cccc8c7sc7ccccc78)c7ccccc7n6)ccc5n5c6ccccc6c(c3o2)c45)cc1. The molecule has 5 aromatic heterocycles. The van der Waals surface area contributed by atoms with E-state index in [2.05, 4.69) is 120 Å². The average Bonchev–Trinajstić information content (AvgIpc) is 3.95. The minimum absolute atomic E-state index is 0.626. The van der Waals surface area contributed by atoms with Crippen LogP contribution >= 0.6 is 11.3 Å². The van der Waals surface area contributed by atoms with Crippen LogP contribution in [0.5, 0.6) is 0 Å². The van der Waals surface area contributed by atoms with Gasteiger partial charge in [0.1, 0.15) is 5.52 Å². The van der Waals surface area contributed by atoms with Gasteiger partial charge in [0.25, 0.3) is 0 Å². The van der Waals surface area contributed by atoms with E-state index < -0.39 is 0 Å². The molecule has 0 fully saturated rings. The lowest BCUT2D eigenvalue weighted by atomic mass is 10.0. The van der Waals surface area contributed by atoms with E-state index in [1.54, 1.807) is 0 Å². The first kappa shape index (κ1) is 27.2. The fourth-order valence-electron chi connectivity index (χ4n) is 8.13. The molecule has 0 aliphatic heterocycles. The molecule has 0 unspecified atom stereocenters. The summed E-state index contributed by atoms with van der Waals surface area (Å²) >= 11 is 1.83. The molecule has 0 spiro atoms. The maximum absolute atomic E-state index is 6.57. The smallest absolute Gasteiger partial charge is 0.227 e. The van der Waals surface area contributed by atoms with Crippen LogP contribution in [-0.4, -0.2) is 19.4 Å². The van der Waals surface area contributed by atoms with Crippen molar-refractivity contribution < 1.29 is 4.42 Å². The Morgan fingerprint density at radius 2 is 1.27 bits per heavy atom. The van der Waals surface area contributed by atoms with Crippen molar-refractivity contribution in [2.24, 2.45) is 0 Å². The van der Waals surface area contributed by atoms with E-state index in [4.69, 9.17) is 19.4 Å². The molecule has 0 amide bonds. The molecule has 12 aromatic rings. The molecular formula is C45H24N4OS. The maximum Gasteiger partial charge on any atom is 0.227 e. The molecule has 51 heavy (non-hydrogen) atoms. The van der Waals surface area contributed by atoms with E-state index in [9.17, 15) is 0 Å². The first-order valence-electron chi connectivity index (χ1n) is 17.0. The summed E-state index contributed by atoms with van der Waals surface area (Å²) in [5, 5.41) is 8.09. The number of rotatable bonds is 3. The number of para-hydroxylation sites is 2. The van der Waals surface area contributed by atoms with Crippen LogP contribution in [0.3, 0.4) is 0 Å².